The number of nitrogens with one attached hydrogen (secondary N) is 1. The number of aromatic nitrogens is 2. The van der Waals surface area contributed by atoms with E-state index in [9.17, 15) is 0 Å². The molecule has 2 aromatic rings. The Morgan fingerprint density at radius 2 is 2.11 bits per heavy atom. The van der Waals surface area contributed by atoms with Crippen LogP contribution in [0.2, 0.25) is 5.02 Å². The highest BCUT2D eigenvalue weighted by molar-refractivity contribution is 6.32. The molecule has 0 radical (unpaired) electrons. The number of rotatable bonds is 4. The van der Waals surface area contributed by atoms with Crippen LogP contribution in [0.5, 0.6) is 5.75 Å². The number of methoxy groups -OCH3 is 1. The van der Waals surface area contributed by atoms with Gasteiger partial charge in [-0.15, -0.1) is 0 Å². The third kappa shape index (κ3) is 2.42. The Balaban J connectivity index is 2.54. The van der Waals surface area contributed by atoms with Crippen LogP contribution >= 0.6 is 11.6 Å². The Labute approximate surface area is 110 Å². The number of halogens is 1. The molecule has 1 N–H and O–H groups in total. The largest absolute Gasteiger partial charge is 0.495 e. The monoisotopic (exact) mass is 267 g/mol. The summed E-state index contributed by atoms with van der Waals surface area (Å²) in [5, 5.41) is 0.528. The Bertz CT molecular complexity index is 554. The number of benzene rings is 1. The normalized spacial score (nSPS) is 10.4. The van der Waals surface area contributed by atoms with E-state index in [1.165, 1.54) is 0 Å². The number of imidazole rings is 1. The summed E-state index contributed by atoms with van der Waals surface area (Å²) in [5.74, 6) is 0.580. The second-order valence-corrected chi connectivity index (χ2v) is 4.14. The molecule has 96 valence electrons. The minimum Gasteiger partial charge on any atom is -0.495 e. The highest BCUT2D eigenvalue weighted by Crippen LogP contribution is 2.33. The van der Waals surface area contributed by atoms with E-state index in [0.717, 1.165) is 17.1 Å². The third-order valence-corrected chi connectivity index (χ3v) is 2.77. The smallest absolute Gasteiger partial charge is 0.139 e. The molecule has 0 saturated carbocycles. The van der Waals surface area contributed by atoms with Crippen molar-refractivity contribution in [3.8, 4) is 11.4 Å². The lowest BCUT2D eigenvalue weighted by molar-refractivity contribution is 0.270. The summed E-state index contributed by atoms with van der Waals surface area (Å²) in [6, 6.07) is 3.57. The SMILES string of the molecule is CONc1cc(OC)c(Cl)cc1-n1cnc(C)c1. The first-order valence-corrected chi connectivity index (χ1v) is 5.71. The minimum atomic E-state index is 0.528. The first-order chi connectivity index (χ1) is 8.65. The third-order valence-electron chi connectivity index (χ3n) is 2.47. The maximum atomic E-state index is 6.13. The summed E-state index contributed by atoms with van der Waals surface area (Å²) >= 11 is 6.13. The maximum Gasteiger partial charge on any atom is 0.139 e. The van der Waals surface area contributed by atoms with Gasteiger partial charge in [-0.2, -0.15) is 0 Å². The van der Waals surface area contributed by atoms with Crippen molar-refractivity contribution in [2.24, 2.45) is 0 Å². The molecule has 18 heavy (non-hydrogen) atoms. The van der Waals surface area contributed by atoms with Gasteiger partial charge in [0, 0.05) is 12.3 Å². The van der Waals surface area contributed by atoms with Gasteiger partial charge in [-0.3, -0.25) is 10.3 Å². The van der Waals surface area contributed by atoms with Gasteiger partial charge in [0.25, 0.3) is 0 Å². The lowest BCUT2D eigenvalue weighted by Crippen LogP contribution is -2.03. The van der Waals surface area contributed by atoms with E-state index in [-0.39, 0.29) is 0 Å². The Hall–Kier alpha value is -1.72. The number of anilines is 1. The van der Waals surface area contributed by atoms with E-state index in [1.54, 1.807) is 32.7 Å². The van der Waals surface area contributed by atoms with Crippen molar-refractivity contribution in [2.75, 3.05) is 19.7 Å². The highest BCUT2D eigenvalue weighted by atomic mass is 35.5. The van der Waals surface area contributed by atoms with Gasteiger partial charge in [-0.25, -0.2) is 4.98 Å². The zero-order chi connectivity index (χ0) is 13.1. The zero-order valence-corrected chi connectivity index (χ0v) is 11.2. The molecule has 0 aliphatic carbocycles. The van der Waals surface area contributed by atoms with Gasteiger partial charge in [-0.05, 0) is 13.0 Å². The maximum absolute atomic E-state index is 6.13. The van der Waals surface area contributed by atoms with Crippen molar-refractivity contribution in [2.45, 2.75) is 6.92 Å². The van der Waals surface area contributed by atoms with E-state index in [0.29, 0.717) is 10.8 Å². The van der Waals surface area contributed by atoms with Gasteiger partial charge in [0.05, 0.1) is 42.6 Å². The molecule has 5 nitrogen and oxygen atoms in total. The van der Waals surface area contributed by atoms with E-state index >= 15 is 0 Å². The average Bonchev–Trinajstić information content (AvgIpc) is 2.78. The van der Waals surface area contributed by atoms with Crippen LogP contribution in [0.1, 0.15) is 5.69 Å². The van der Waals surface area contributed by atoms with Crippen LogP contribution in [0.25, 0.3) is 5.69 Å². The summed E-state index contributed by atoms with van der Waals surface area (Å²) < 4.78 is 7.04. The Morgan fingerprint density at radius 1 is 1.33 bits per heavy atom. The molecule has 1 aromatic carbocycles. The molecule has 1 aromatic heterocycles. The second-order valence-electron chi connectivity index (χ2n) is 3.73. The summed E-state index contributed by atoms with van der Waals surface area (Å²) in [4.78, 5) is 9.14. The van der Waals surface area contributed by atoms with Crippen molar-refractivity contribution in [3.05, 3.63) is 35.4 Å². The predicted molar refractivity (Wildman–Crippen MR) is 70.5 cm³/mol. The summed E-state index contributed by atoms with van der Waals surface area (Å²) in [6.45, 7) is 1.92. The van der Waals surface area contributed by atoms with Gasteiger partial charge in [0.2, 0.25) is 0 Å². The molecule has 0 bridgehead atoms. The predicted octanol–water partition coefficient (Wildman–Crippen LogP) is 2.82. The summed E-state index contributed by atoms with van der Waals surface area (Å²) in [5.41, 5.74) is 5.30. The lowest BCUT2D eigenvalue weighted by atomic mass is 10.2. The number of hydrogen-bond acceptors (Lipinski definition) is 4. The molecule has 6 heteroatoms. The van der Waals surface area contributed by atoms with E-state index in [4.69, 9.17) is 21.2 Å². The molecule has 1 heterocycles. The number of aryl methyl sites for hydroxylation is 1. The van der Waals surface area contributed by atoms with Gasteiger partial charge in [0.1, 0.15) is 5.75 Å². The molecular formula is C12H14ClN3O2. The van der Waals surface area contributed by atoms with Gasteiger partial charge >= 0.3 is 0 Å². The molecule has 0 spiro atoms. The van der Waals surface area contributed by atoms with Crippen LogP contribution in [-0.2, 0) is 4.84 Å². The number of nitrogens with zero attached hydrogens (tertiary/aromatic N) is 2. The molecule has 0 amide bonds. The highest BCUT2D eigenvalue weighted by Gasteiger charge is 2.11. The van der Waals surface area contributed by atoms with Gasteiger partial charge < -0.3 is 9.30 Å². The molecular weight excluding hydrogens is 254 g/mol. The number of hydrogen-bond donors (Lipinski definition) is 1. The molecule has 0 aliphatic rings. The van der Waals surface area contributed by atoms with Crippen molar-refractivity contribution >= 4 is 17.3 Å². The molecule has 0 atom stereocenters. The van der Waals surface area contributed by atoms with Crippen molar-refractivity contribution < 1.29 is 9.57 Å². The molecule has 0 unspecified atom stereocenters. The topological polar surface area (TPSA) is 48.3 Å². The fourth-order valence-electron chi connectivity index (χ4n) is 1.66. The first kappa shape index (κ1) is 12.7. The minimum absolute atomic E-state index is 0.528. The fraction of sp³-hybridized carbons (Fsp3) is 0.250. The van der Waals surface area contributed by atoms with Crippen LogP contribution in [-0.4, -0.2) is 23.8 Å². The van der Waals surface area contributed by atoms with Crippen LogP contribution in [0.4, 0.5) is 5.69 Å². The van der Waals surface area contributed by atoms with Crippen molar-refractivity contribution in [1.82, 2.24) is 9.55 Å². The summed E-state index contributed by atoms with van der Waals surface area (Å²) in [7, 11) is 3.11. The quantitative estimate of drug-likeness (QED) is 0.866. The van der Waals surface area contributed by atoms with E-state index in [1.807, 2.05) is 17.7 Å². The average molecular weight is 268 g/mol. The Morgan fingerprint density at radius 3 is 2.67 bits per heavy atom. The molecule has 2 rings (SSSR count). The van der Waals surface area contributed by atoms with Crippen molar-refractivity contribution in [1.29, 1.82) is 0 Å². The zero-order valence-electron chi connectivity index (χ0n) is 10.4. The first-order valence-electron chi connectivity index (χ1n) is 5.33. The Kier molecular flexibility index (Phi) is 3.74. The van der Waals surface area contributed by atoms with E-state index < -0.39 is 0 Å². The molecule has 0 fully saturated rings. The standard InChI is InChI=1S/C12H14ClN3O2/c1-8-6-16(7-14-8)11-4-9(13)12(17-2)5-10(11)15-18-3/h4-7,15H,1-3H3. The van der Waals surface area contributed by atoms with Crippen LogP contribution < -0.4 is 10.2 Å². The molecule has 0 aliphatic heterocycles. The second kappa shape index (κ2) is 5.29. The summed E-state index contributed by atoms with van der Waals surface area (Å²) in [6.07, 6.45) is 3.62. The van der Waals surface area contributed by atoms with Gasteiger partial charge in [0.15, 0.2) is 0 Å². The van der Waals surface area contributed by atoms with Crippen LogP contribution in [0.3, 0.4) is 0 Å². The van der Waals surface area contributed by atoms with Crippen LogP contribution in [0.15, 0.2) is 24.7 Å². The lowest BCUT2D eigenvalue weighted by Gasteiger charge is -2.13. The molecule has 0 saturated heterocycles. The van der Waals surface area contributed by atoms with Gasteiger partial charge in [-0.1, -0.05) is 11.6 Å². The van der Waals surface area contributed by atoms with Crippen LogP contribution in [0, 0.1) is 6.92 Å². The van der Waals surface area contributed by atoms with Crippen molar-refractivity contribution in [3.63, 3.8) is 0 Å². The van der Waals surface area contributed by atoms with E-state index in [2.05, 4.69) is 10.5 Å². The fourth-order valence-corrected chi connectivity index (χ4v) is 1.89. The number of ether oxygens (including phenoxy) is 1.